The second-order valence-corrected chi connectivity index (χ2v) is 6.50. The van der Waals surface area contributed by atoms with Gasteiger partial charge in [0.05, 0.1) is 13.2 Å². The van der Waals surface area contributed by atoms with Crippen LogP contribution in [0, 0.1) is 11.8 Å². The summed E-state index contributed by atoms with van der Waals surface area (Å²) in [5, 5.41) is 0. The molecule has 0 heterocycles. The van der Waals surface area contributed by atoms with Gasteiger partial charge < -0.3 is 9.47 Å². The van der Waals surface area contributed by atoms with E-state index in [1.807, 2.05) is 0 Å². The van der Waals surface area contributed by atoms with Crippen molar-refractivity contribution in [3.05, 3.63) is 0 Å². The van der Waals surface area contributed by atoms with Gasteiger partial charge in [-0.25, -0.2) is 0 Å². The number of carbonyl (C=O) groups is 2. The molecule has 0 spiro atoms. The third-order valence-corrected chi connectivity index (χ3v) is 4.26. The van der Waals surface area contributed by atoms with Gasteiger partial charge in [-0.1, -0.05) is 53.4 Å². The molecule has 23 heavy (non-hydrogen) atoms. The summed E-state index contributed by atoms with van der Waals surface area (Å²) < 4.78 is 10.5. The topological polar surface area (TPSA) is 52.6 Å². The Kier molecular flexibility index (Phi) is 13.9. The lowest BCUT2D eigenvalue weighted by atomic mass is 10.0. The van der Waals surface area contributed by atoms with Crippen LogP contribution in [0.15, 0.2) is 0 Å². The number of esters is 2. The Morgan fingerprint density at radius 3 is 1.87 bits per heavy atom. The molecule has 0 N–H and O–H groups in total. The molecule has 4 nitrogen and oxygen atoms in total. The van der Waals surface area contributed by atoms with Gasteiger partial charge in [0, 0.05) is 12.8 Å². The Hall–Kier alpha value is -1.06. The Balaban J connectivity index is 3.64. The molecule has 0 aliphatic carbocycles. The minimum Gasteiger partial charge on any atom is -0.465 e. The molecule has 0 radical (unpaired) electrons. The molecule has 0 saturated carbocycles. The van der Waals surface area contributed by atoms with E-state index in [1.165, 1.54) is 12.8 Å². The second-order valence-electron chi connectivity index (χ2n) is 6.50. The van der Waals surface area contributed by atoms with Crippen molar-refractivity contribution < 1.29 is 19.1 Å². The zero-order valence-electron chi connectivity index (χ0n) is 15.6. The van der Waals surface area contributed by atoms with E-state index < -0.39 is 0 Å². The first-order valence-corrected chi connectivity index (χ1v) is 9.34. The lowest BCUT2D eigenvalue weighted by molar-refractivity contribution is -0.147. The molecule has 0 bridgehead atoms. The second kappa shape index (κ2) is 14.5. The molecule has 2 atom stereocenters. The van der Waals surface area contributed by atoms with E-state index in [-0.39, 0.29) is 11.9 Å². The highest BCUT2D eigenvalue weighted by molar-refractivity contribution is 5.70. The Bertz CT molecular complexity index is 314. The molecule has 2 unspecified atom stereocenters. The van der Waals surface area contributed by atoms with E-state index >= 15 is 0 Å². The number of rotatable bonds is 14. The van der Waals surface area contributed by atoms with Crippen LogP contribution >= 0.6 is 0 Å². The summed E-state index contributed by atoms with van der Waals surface area (Å²) in [5.41, 5.74) is 0. The third kappa shape index (κ3) is 13.1. The fourth-order valence-electron chi connectivity index (χ4n) is 2.14. The third-order valence-electron chi connectivity index (χ3n) is 4.26. The van der Waals surface area contributed by atoms with E-state index in [0.717, 1.165) is 19.3 Å². The van der Waals surface area contributed by atoms with Gasteiger partial charge in [-0.15, -0.1) is 0 Å². The Morgan fingerprint density at radius 2 is 1.39 bits per heavy atom. The van der Waals surface area contributed by atoms with Crippen LogP contribution in [0.2, 0.25) is 0 Å². The van der Waals surface area contributed by atoms with E-state index in [9.17, 15) is 9.59 Å². The number of hydrogen-bond donors (Lipinski definition) is 0. The highest BCUT2D eigenvalue weighted by Crippen LogP contribution is 2.13. The summed E-state index contributed by atoms with van der Waals surface area (Å²) in [4.78, 5) is 23.2. The van der Waals surface area contributed by atoms with Crippen LogP contribution in [-0.2, 0) is 19.1 Å². The smallest absolute Gasteiger partial charge is 0.305 e. The average Bonchev–Trinajstić information content (AvgIpc) is 2.56. The molecule has 0 aliphatic heterocycles. The molecule has 0 rings (SSSR count). The maximum absolute atomic E-state index is 11.7. The Labute approximate surface area is 142 Å². The summed E-state index contributed by atoms with van der Waals surface area (Å²) in [6.07, 6.45) is 7.70. The molecular formula is C19H36O4. The Morgan fingerprint density at radius 1 is 0.826 bits per heavy atom. The van der Waals surface area contributed by atoms with Crippen LogP contribution in [0.25, 0.3) is 0 Å². The lowest BCUT2D eigenvalue weighted by Gasteiger charge is -2.14. The highest BCUT2D eigenvalue weighted by atomic mass is 16.5. The predicted molar refractivity (Wildman–Crippen MR) is 93.1 cm³/mol. The van der Waals surface area contributed by atoms with Gasteiger partial charge in [0.1, 0.15) is 0 Å². The van der Waals surface area contributed by atoms with Crippen LogP contribution in [0.4, 0.5) is 0 Å². The van der Waals surface area contributed by atoms with E-state index in [0.29, 0.717) is 50.7 Å². The molecule has 0 amide bonds. The van der Waals surface area contributed by atoms with Crippen molar-refractivity contribution in [2.45, 2.75) is 85.5 Å². The van der Waals surface area contributed by atoms with Gasteiger partial charge in [0.25, 0.3) is 0 Å². The molecule has 4 heteroatoms. The minimum absolute atomic E-state index is 0.145. The van der Waals surface area contributed by atoms with Crippen molar-refractivity contribution in [3.63, 3.8) is 0 Å². The highest BCUT2D eigenvalue weighted by Gasteiger charge is 2.11. The van der Waals surface area contributed by atoms with Crippen LogP contribution < -0.4 is 0 Å². The fraction of sp³-hybridized carbons (Fsp3) is 0.895. The van der Waals surface area contributed by atoms with Crippen LogP contribution in [-0.4, -0.2) is 25.2 Å². The monoisotopic (exact) mass is 328 g/mol. The first kappa shape index (κ1) is 21.9. The van der Waals surface area contributed by atoms with Crippen molar-refractivity contribution in [3.8, 4) is 0 Å². The van der Waals surface area contributed by atoms with Crippen molar-refractivity contribution >= 4 is 11.9 Å². The van der Waals surface area contributed by atoms with Crippen molar-refractivity contribution in [1.29, 1.82) is 0 Å². The average molecular weight is 328 g/mol. The minimum atomic E-state index is -0.163. The summed E-state index contributed by atoms with van der Waals surface area (Å²) in [7, 11) is 0. The molecule has 0 aromatic heterocycles. The standard InChI is InChI=1S/C19H36O4/c1-5-8-11-17(7-3)15-23-19(21)13-10-9-12-18(20)22-14-16(4)6-2/h16-17H,5-15H2,1-4H3. The molecule has 0 aliphatic rings. The van der Waals surface area contributed by atoms with Crippen molar-refractivity contribution in [1.82, 2.24) is 0 Å². The maximum atomic E-state index is 11.7. The zero-order valence-corrected chi connectivity index (χ0v) is 15.6. The summed E-state index contributed by atoms with van der Waals surface area (Å²) in [6, 6.07) is 0. The van der Waals surface area contributed by atoms with Gasteiger partial charge in [-0.2, -0.15) is 0 Å². The van der Waals surface area contributed by atoms with E-state index in [1.54, 1.807) is 0 Å². The number of carbonyl (C=O) groups excluding carboxylic acids is 2. The lowest BCUT2D eigenvalue weighted by Crippen LogP contribution is -2.14. The molecule has 136 valence electrons. The molecule has 0 aromatic carbocycles. The van der Waals surface area contributed by atoms with Gasteiger partial charge >= 0.3 is 11.9 Å². The predicted octanol–water partition coefficient (Wildman–Crippen LogP) is 4.90. The van der Waals surface area contributed by atoms with Gasteiger partial charge in [-0.05, 0) is 31.1 Å². The summed E-state index contributed by atoms with van der Waals surface area (Å²) >= 11 is 0. The first-order valence-electron chi connectivity index (χ1n) is 9.34. The first-order chi connectivity index (χ1) is 11.0. The number of unbranched alkanes of at least 4 members (excludes halogenated alkanes) is 2. The number of ether oxygens (including phenoxy) is 2. The van der Waals surface area contributed by atoms with Crippen LogP contribution in [0.3, 0.4) is 0 Å². The normalized spacial score (nSPS) is 13.4. The molecule has 0 saturated heterocycles. The van der Waals surface area contributed by atoms with Crippen molar-refractivity contribution in [2.75, 3.05) is 13.2 Å². The van der Waals surface area contributed by atoms with Gasteiger partial charge in [0.2, 0.25) is 0 Å². The SMILES string of the molecule is CCCCC(CC)COC(=O)CCCCC(=O)OCC(C)CC. The summed E-state index contributed by atoms with van der Waals surface area (Å²) in [5.74, 6) is 0.583. The summed E-state index contributed by atoms with van der Waals surface area (Å²) in [6.45, 7) is 9.48. The molecular weight excluding hydrogens is 292 g/mol. The van der Waals surface area contributed by atoms with Gasteiger partial charge in [-0.3, -0.25) is 9.59 Å². The van der Waals surface area contributed by atoms with Crippen LogP contribution in [0.1, 0.15) is 85.5 Å². The van der Waals surface area contributed by atoms with Crippen LogP contribution in [0.5, 0.6) is 0 Å². The van der Waals surface area contributed by atoms with E-state index in [4.69, 9.17) is 9.47 Å². The fourth-order valence-corrected chi connectivity index (χ4v) is 2.14. The zero-order chi connectivity index (χ0) is 17.5. The number of hydrogen-bond acceptors (Lipinski definition) is 4. The van der Waals surface area contributed by atoms with E-state index in [2.05, 4.69) is 27.7 Å². The largest absolute Gasteiger partial charge is 0.465 e. The molecule has 0 aromatic rings. The quantitative estimate of drug-likeness (QED) is 0.336. The van der Waals surface area contributed by atoms with Gasteiger partial charge in [0.15, 0.2) is 0 Å². The molecule has 0 fully saturated rings. The van der Waals surface area contributed by atoms with Crippen molar-refractivity contribution in [2.24, 2.45) is 11.8 Å². The maximum Gasteiger partial charge on any atom is 0.305 e.